The minimum atomic E-state index is -0.878. The highest BCUT2D eigenvalue weighted by Gasteiger charge is 2.60. The van der Waals surface area contributed by atoms with E-state index >= 15 is 0 Å². The normalized spacial score (nSPS) is 24.4. The van der Waals surface area contributed by atoms with Crippen LogP contribution in [0.1, 0.15) is 96.0 Å². The number of aromatic nitrogens is 1. The number of nitrogens with zero attached hydrogens (tertiary/aromatic N) is 2. The van der Waals surface area contributed by atoms with Crippen molar-refractivity contribution in [3.63, 3.8) is 0 Å². The second kappa shape index (κ2) is 24.4. The fourth-order valence-electron chi connectivity index (χ4n) is 16.0. The van der Waals surface area contributed by atoms with Crippen molar-refractivity contribution in [3.8, 4) is 57.3 Å². The first-order valence-corrected chi connectivity index (χ1v) is 32.0. The lowest BCUT2D eigenvalue weighted by molar-refractivity contribution is 0.157. The van der Waals surface area contributed by atoms with Crippen molar-refractivity contribution >= 4 is 40.6 Å². The monoisotopic (exact) mass is 1200 g/mol. The van der Waals surface area contributed by atoms with Gasteiger partial charge in [0.15, 0.2) is 22.9 Å². The minimum absolute atomic E-state index is 0.00339. The molecule has 7 bridgehead atoms. The molecule has 2 aromatic heterocycles. The van der Waals surface area contributed by atoms with Crippen LogP contribution in [0.4, 0.5) is 11.5 Å². The Hall–Kier alpha value is -9.00. The Labute approximate surface area is 525 Å². The number of aliphatic hydroxyl groups excluding tert-OH is 2. The molecule has 8 aromatic rings. The quantitative estimate of drug-likeness (QED) is 0.0387. The van der Waals surface area contributed by atoms with E-state index in [9.17, 15) is 20.1 Å². The van der Waals surface area contributed by atoms with E-state index in [1.807, 2.05) is 36.4 Å². The van der Waals surface area contributed by atoms with Gasteiger partial charge in [-0.25, -0.2) is 4.99 Å². The SMILES string of the molecule is COc1c2c(c3oc(-c4ccc(O)cc4)cc(=O)c3c1OCCC(O)C=Cc1ccccc1)CCc1cccc(c1)-c1cc3[nH]c1N1CCNCC1C1(CC4c5ccccc5C=CC4C1C#CCC1CCCC31C)c1ccc(c(N=C(N)N)c1)CC(CO)CO2. The molecule has 2 saturated carbocycles. The van der Waals surface area contributed by atoms with Gasteiger partial charge in [0.05, 0.1) is 38.2 Å². The molecule has 1 spiro atoms. The molecule has 6 heterocycles. The molecule has 0 radical (unpaired) electrons. The Kier molecular flexibility index (Phi) is 15.9. The van der Waals surface area contributed by atoms with Crippen LogP contribution in [0.3, 0.4) is 0 Å². The topological polar surface area (TPSA) is 214 Å². The van der Waals surface area contributed by atoms with Gasteiger partial charge in [0.1, 0.15) is 28.3 Å². The molecule has 9 N–H and O–H groups in total. The minimum Gasteiger partial charge on any atom is -0.508 e. The molecule has 14 nitrogen and oxygen atoms in total. The number of aryl methyl sites for hydroxylation is 2. The largest absolute Gasteiger partial charge is 0.508 e. The number of fused-ring (bicyclic) bond motifs is 14. The molecular formula is C76H78N6O8. The molecule has 0 amide bonds. The summed E-state index contributed by atoms with van der Waals surface area (Å²) in [5.41, 5.74) is 23.8. The number of ether oxygens (including phenoxy) is 3. The van der Waals surface area contributed by atoms with E-state index < -0.39 is 17.4 Å². The molecule has 3 aliphatic carbocycles. The summed E-state index contributed by atoms with van der Waals surface area (Å²) in [5.74, 6) is 10.1. The fourth-order valence-corrected chi connectivity index (χ4v) is 16.0. The average molecular weight is 1200 g/mol. The van der Waals surface area contributed by atoms with Crippen molar-refractivity contribution in [2.75, 3.05) is 51.5 Å². The zero-order valence-electron chi connectivity index (χ0n) is 51.1. The van der Waals surface area contributed by atoms with Crippen molar-refractivity contribution in [2.24, 2.45) is 40.1 Å². The number of phenols is 1. The number of H-pyrrole nitrogens is 1. The molecule has 4 aliphatic heterocycles. The van der Waals surface area contributed by atoms with E-state index in [0.29, 0.717) is 54.3 Å². The lowest BCUT2D eigenvalue weighted by Gasteiger charge is -2.50. The van der Waals surface area contributed by atoms with Crippen molar-refractivity contribution in [3.05, 3.63) is 200 Å². The standard InChI is InChI=1S/C76H78N6O8/c1-75-33-10-17-53(75)16-9-19-62-58-31-25-49-14-6-7-18-57(49)61(58)42-76(62)54-26-22-52(63(39-54)80-74(77)78)38-48(44-83)45-89-70-59(30-21-47-13-8-15-51(37-47)60-40-66(75)81-73(60)82-35-34-79-43-67(76)82)69-68(64(86)41-65(90-69)50-23-28-55(84)29-24-50)71(72(70)87-2)88-36-32-56(85)27-20-46-11-4-3-5-12-46/h3-8,11-15,18,20,22-29,31,37,39-41,48,53,56,58,61-62,67,79,81,83-85H,10,16-17,21,30,32-36,38,42-45H2,1-2H3,(H4,77,78,80). The molecule has 1 saturated heterocycles. The maximum atomic E-state index is 15.0. The second-order valence-corrected chi connectivity index (χ2v) is 25.8. The predicted molar refractivity (Wildman–Crippen MR) is 356 cm³/mol. The van der Waals surface area contributed by atoms with E-state index in [4.69, 9.17) is 35.1 Å². The fraction of sp³-hybridized carbons (Fsp3) is 0.342. The van der Waals surface area contributed by atoms with E-state index in [1.165, 1.54) is 30.0 Å². The molecule has 7 aliphatic rings. The van der Waals surface area contributed by atoms with Crippen molar-refractivity contribution < 1.29 is 33.9 Å². The number of nitrogens with one attached hydrogen (secondary N) is 2. The number of nitrogens with two attached hydrogens (primary N) is 2. The number of aliphatic hydroxyl groups is 2. The second-order valence-electron chi connectivity index (χ2n) is 25.8. The molecule has 6 aromatic carbocycles. The van der Waals surface area contributed by atoms with Crippen LogP contribution in [0.5, 0.6) is 23.0 Å². The summed E-state index contributed by atoms with van der Waals surface area (Å²) in [5, 5.41) is 37.2. The smallest absolute Gasteiger partial charge is 0.204 e. The highest BCUT2D eigenvalue weighted by atomic mass is 16.5. The summed E-state index contributed by atoms with van der Waals surface area (Å²) in [6.07, 6.45) is 13.7. The van der Waals surface area contributed by atoms with Gasteiger partial charge in [-0.1, -0.05) is 135 Å². The number of aromatic amines is 1. The molecule has 9 atom stereocenters. The summed E-state index contributed by atoms with van der Waals surface area (Å²) in [4.78, 5) is 26.9. The molecule has 14 heteroatoms. The number of hydrogen-bond donors (Lipinski definition) is 7. The maximum absolute atomic E-state index is 15.0. The van der Waals surface area contributed by atoms with Gasteiger partial charge >= 0.3 is 0 Å². The number of rotatable bonds is 10. The summed E-state index contributed by atoms with van der Waals surface area (Å²) in [7, 11) is 1.52. The van der Waals surface area contributed by atoms with Crippen LogP contribution in [0, 0.1) is 35.5 Å². The van der Waals surface area contributed by atoms with E-state index in [0.717, 1.165) is 84.4 Å². The van der Waals surface area contributed by atoms with Gasteiger partial charge in [0.2, 0.25) is 5.75 Å². The van der Waals surface area contributed by atoms with Gasteiger partial charge in [-0.05, 0) is 132 Å². The molecule has 3 fully saturated rings. The Bertz CT molecular complexity index is 4230. The van der Waals surface area contributed by atoms with Crippen LogP contribution in [0.15, 0.2) is 160 Å². The highest BCUT2D eigenvalue weighted by Crippen LogP contribution is 2.62. The number of anilines is 1. The summed E-state index contributed by atoms with van der Waals surface area (Å²) in [6.45, 7) is 4.42. The van der Waals surface area contributed by atoms with Gasteiger partial charge in [-0.15, -0.1) is 5.92 Å². The van der Waals surface area contributed by atoms with Crippen LogP contribution in [-0.4, -0.2) is 85.0 Å². The molecule has 9 unspecified atom stereocenters. The Morgan fingerprint density at radius 1 is 0.956 bits per heavy atom. The first kappa shape index (κ1) is 58.7. The number of benzene rings is 6. The number of aliphatic imine (C=N–C) groups is 1. The lowest BCUT2D eigenvalue weighted by atomic mass is 9.64. The number of guanidine groups is 1. The van der Waals surface area contributed by atoms with Gasteiger partial charge in [0.25, 0.3) is 0 Å². The highest BCUT2D eigenvalue weighted by molar-refractivity contribution is 5.93. The predicted octanol–water partition coefficient (Wildman–Crippen LogP) is 11.9. The maximum Gasteiger partial charge on any atom is 0.204 e. The summed E-state index contributed by atoms with van der Waals surface area (Å²) >= 11 is 0. The number of phenolic OH excluding ortho intramolecular Hbond substituents is 1. The number of hydrogen-bond acceptors (Lipinski definition) is 11. The Morgan fingerprint density at radius 3 is 2.63 bits per heavy atom. The first-order chi connectivity index (χ1) is 43.9. The van der Waals surface area contributed by atoms with Crippen LogP contribution in [0.2, 0.25) is 0 Å². The van der Waals surface area contributed by atoms with E-state index in [1.54, 1.807) is 30.3 Å². The van der Waals surface area contributed by atoms with Gasteiger partial charge in [-0.2, -0.15) is 0 Å². The Morgan fingerprint density at radius 2 is 1.80 bits per heavy atom. The van der Waals surface area contributed by atoms with Crippen molar-refractivity contribution in [2.45, 2.75) is 93.6 Å². The van der Waals surface area contributed by atoms with Crippen molar-refractivity contribution in [1.29, 1.82) is 0 Å². The third-order valence-corrected chi connectivity index (χ3v) is 20.6. The number of piperazine rings is 1. The van der Waals surface area contributed by atoms with Crippen molar-refractivity contribution in [1.82, 2.24) is 10.3 Å². The van der Waals surface area contributed by atoms with Crippen LogP contribution in [0.25, 0.3) is 45.6 Å². The first-order valence-electron chi connectivity index (χ1n) is 32.0. The van der Waals surface area contributed by atoms with Crippen LogP contribution in [-0.2, 0) is 30.1 Å². The molecule has 90 heavy (non-hydrogen) atoms. The molecule has 460 valence electrons. The zero-order valence-corrected chi connectivity index (χ0v) is 51.1. The van der Waals surface area contributed by atoms with Crippen LogP contribution < -0.4 is 41.3 Å². The number of aromatic hydroxyl groups is 1. The van der Waals surface area contributed by atoms with E-state index in [-0.39, 0.29) is 101 Å². The number of allylic oxidation sites excluding steroid dienone is 1. The zero-order chi connectivity index (χ0) is 61.7. The third kappa shape index (κ3) is 10.7. The van der Waals surface area contributed by atoms with Gasteiger partial charge < -0.3 is 60.6 Å². The average Bonchev–Trinajstić information content (AvgIpc) is 1.51. The third-order valence-electron chi connectivity index (χ3n) is 20.6. The molecular weight excluding hydrogens is 1120 g/mol. The molecule has 15 rings (SSSR count). The van der Waals surface area contributed by atoms with Crippen LogP contribution >= 0.6 is 0 Å². The van der Waals surface area contributed by atoms with E-state index in [2.05, 4.69) is 119 Å². The van der Waals surface area contributed by atoms with Gasteiger partial charge in [0, 0.05) is 90.2 Å². The summed E-state index contributed by atoms with van der Waals surface area (Å²) in [6, 6.07) is 44.4. The van der Waals surface area contributed by atoms with Gasteiger partial charge in [-0.3, -0.25) is 4.79 Å². The number of methoxy groups -OCH3 is 1. The lowest BCUT2D eigenvalue weighted by Crippen LogP contribution is -2.62. The Balaban J connectivity index is 0.968. The summed E-state index contributed by atoms with van der Waals surface area (Å²) < 4.78 is 27.1.